The molecule has 3 aromatic rings. The van der Waals surface area contributed by atoms with Crippen LogP contribution in [0.1, 0.15) is 34.8 Å². The van der Waals surface area contributed by atoms with Crippen LogP contribution in [-0.4, -0.2) is 57.7 Å². The third-order valence-corrected chi connectivity index (χ3v) is 9.42. The SMILES string of the molecule is CCOc1cc(C(=O)N[C@@H](Cc2ccccc2)[C@H](O)CNCc2cc(Br)cc(Br)c2)cc(N2CCCS2(O)O)c1.Cl. The monoisotopic (exact) mass is 731 g/mol. The van der Waals surface area contributed by atoms with Crippen molar-refractivity contribution in [3.63, 3.8) is 0 Å². The molecule has 5 N–H and O–H groups in total. The van der Waals surface area contributed by atoms with Crippen molar-refractivity contribution < 1.29 is 23.7 Å². The first kappa shape index (κ1) is 33.7. The zero-order valence-electron chi connectivity index (χ0n) is 22.6. The average molecular weight is 734 g/mol. The van der Waals surface area contributed by atoms with Crippen LogP contribution < -0.4 is 19.7 Å². The predicted octanol–water partition coefficient (Wildman–Crippen LogP) is 6.40. The van der Waals surface area contributed by atoms with E-state index in [2.05, 4.69) is 42.5 Å². The average Bonchev–Trinajstić information content (AvgIpc) is 3.27. The van der Waals surface area contributed by atoms with E-state index in [1.54, 1.807) is 22.5 Å². The molecule has 1 heterocycles. The molecule has 12 heteroatoms. The van der Waals surface area contributed by atoms with Gasteiger partial charge in [-0.3, -0.25) is 18.2 Å². The van der Waals surface area contributed by atoms with Gasteiger partial charge in [0.1, 0.15) is 5.75 Å². The molecule has 3 aromatic carbocycles. The second kappa shape index (κ2) is 15.6. The van der Waals surface area contributed by atoms with Gasteiger partial charge in [-0.2, -0.15) is 0 Å². The van der Waals surface area contributed by atoms with Gasteiger partial charge >= 0.3 is 0 Å². The van der Waals surface area contributed by atoms with E-state index in [0.29, 0.717) is 55.3 Å². The van der Waals surface area contributed by atoms with Crippen LogP contribution in [0, 0.1) is 0 Å². The van der Waals surface area contributed by atoms with Crippen LogP contribution in [0.25, 0.3) is 0 Å². The summed E-state index contributed by atoms with van der Waals surface area (Å²) in [5, 5.41) is 17.5. The molecule has 8 nitrogen and oxygen atoms in total. The predicted molar refractivity (Wildman–Crippen MR) is 175 cm³/mol. The Morgan fingerprint density at radius 3 is 2.39 bits per heavy atom. The molecule has 0 saturated carbocycles. The van der Waals surface area contributed by atoms with Gasteiger partial charge in [0.05, 0.1) is 30.2 Å². The Morgan fingerprint density at radius 2 is 1.76 bits per heavy atom. The number of aliphatic hydroxyl groups excluding tert-OH is 1. The number of hydrogen-bond acceptors (Lipinski definition) is 7. The van der Waals surface area contributed by atoms with E-state index in [9.17, 15) is 19.0 Å². The summed E-state index contributed by atoms with van der Waals surface area (Å²) in [7, 11) is -2.94. The molecule has 0 bridgehead atoms. The molecule has 4 rings (SSSR count). The van der Waals surface area contributed by atoms with Crippen molar-refractivity contribution in [2.45, 2.75) is 38.5 Å². The van der Waals surface area contributed by atoms with Crippen LogP contribution >= 0.6 is 55.0 Å². The van der Waals surface area contributed by atoms with E-state index in [-0.39, 0.29) is 24.9 Å². The minimum atomic E-state index is -2.94. The van der Waals surface area contributed by atoms with Crippen LogP contribution in [0.15, 0.2) is 75.7 Å². The molecule has 0 spiro atoms. The Kier molecular flexibility index (Phi) is 12.8. The maximum atomic E-state index is 13.6. The van der Waals surface area contributed by atoms with Gasteiger partial charge in [0.15, 0.2) is 0 Å². The fraction of sp³-hybridized carbons (Fsp3) is 0.345. The Hall–Kier alpha value is -1.83. The smallest absolute Gasteiger partial charge is 0.251 e. The summed E-state index contributed by atoms with van der Waals surface area (Å²) in [5.74, 6) is 0.381. The van der Waals surface area contributed by atoms with Gasteiger partial charge < -0.3 is 20.5 Å². The minimum Gasteiger partial charge on any atom is -0.494 e. The third kappa shape index (κ3) is 9.59. The Balaban J connectivity index is 0.00000462. The molecule has 1 amide bonds. The first-order valence-electron chi connectivity index (χ1n) is 13.1. The van der Waals surface area contributed by atoms with Crippen molar-refractivity contribution in [1.29, 1.82) is 0 Å². The number of halogens is 3. The Labute approximate surface area is 266 Å². The number of carbonyl (C=O) groups is 1. The zero-order valence-corrected chi connectivity index (χ0v) is 27.4. The molecule has 0 aromatic heterocycles. The lowest BCUT2D eigenvalue weighted by molar-refractivity contribution is 0.0829. The minimum absolute atomic E-state index is 0. The summed E-state index contributed by atoms with van der Waals surface area (Å²) in [4.78, 5) is 13.6. The quantitative estimate of drug-likeness (QED) is 0.147. The number of anilines is 1. The molecule has 1 aliphatic heterocycles. The van der Waals surface area contributed by atoms with Gasteiger partial charge in [-0.25, -0.2) is 0 Å². The lowest BCUT2D eigenvalue weighted by atomic mass is 10.00. The number of rotatable bonds is 12. The summed E-state index contributed by atoms with van der Waals surface area (Å²) in [5.41, 5.74) is 2.87. The molecule has 1 fully saturated rings. The largest absolute Gasteiger partial charge is 0.494 e. The number of aliphatic hydroxyl groups is 1. The first-order chi connectivity index (χ1) is 19.1. The summed E-state index contributed by atoms with van der Waals surface area (Å²) < 4.78 is 30.2. The zero-order chi connectivity index (χ0) is 28.7. The summed E-state index contributed by atoms with van der Waals surface area (Å²) in [6.07, 6.45) is 0.209. The van der Waals surface area contributed by atoms with Gasteiger partial charge in [-0.05, 0) is 61.2 Å². The van der Waals surface area contributed by atoms with E-state index in [0.717, 1.165) is 20.1 Å². The molecular weight excluding hydrogens is 698 g/mol. The second-order valence-electron chi connectivity index (χ2n) is 9.69. The van der Waals surface area contributed by atoms with Crippen LogP contribution in [-0.2, 0) is 13.0 Å². The highest BCUT2D eigenvalue weighted by atomic mass is 79.9. The van der Waals surface area contributed by atoms with Crippen molar-refractivity contribution in [2.24, 2.45) is 0 Å². The van der Waals surface area contributed by atoms with Crippen LogP contribution in [0.3, 0.4) is 0 Å². The maximum absolute atomic E-state index is 13.6. The number of hydrogen-bond donors (Lipinski definition) is 5. The van der Waals surface area contributed by atoms with E-state index in [4.69, 9.17) is 4.74 Å². The molecule has 0 radical (unpaired) electrons. The topological polar surface area (TPSA) is 114 Å². The molecule has 224 valence electrons. The van der Waals surface area contributed by atoms with Gasteiger partial charge in [-0.15, -0.1) is 23.2 Å². The van der Waals surface area contributed by atoms with E-state index >= 15 is 0 Å². The molecular formula is C29H36Br2ClN3O5S. The highest BCUT2D eigenvalue weighted by molar-refractivity contribution is 9.11. The highest BCUT2D eigenvalue weighted by Crippen LogP contribution is 2.51. The number of amides is 1. The number of benzene rings is 3. The molecule has 1 saturated heterocycles. The molecule has 41 heavy (non-hydrogen) atoms. The van der Waals surface area contributed by atoms with Crippen LogP contribution in [0.5, 0.6) is 5.75 Å². The van der Waals surface area contributed by atoms with Gasteiger partial charge in [0, 0.05) is 40.2 Å². The van der Waals surface area contributed by atoms with Crippen LogP contribution in [0.4, 0.5) is 5.69 Å². The number of nitrogens with zero attached hydrogens (tertiary/aromatic N) is 1. The summed E-state index contributed by atoms with van der Waals surface area (Å²) in [6.45, 7) is 3.54. The molecule has 0 aliphatic carbocycles. The van der Waals surface area contributed by atoms with Crippen LogP contribution in [0.2, 0.25) is 0 Å². The van der Waals surface area contributed by atoms with E-state index in [1.807, 2.05) is 55.5 Å². The molecule has 0 unspecified atom stereocenters. The van der Waals surface area contributed by atoms with Crippen molar-refractivity contribution >= 4 is 66.6 Å². The fourth-order valence-corrected chi connectivity index (χ4v) is 7.68. The van der Waals surface area contributed by atoms with Crippen molar-refractivity contribution in [3.05, 3.63) is 92.4 Å². The van der Waals surface area contributed by atoms with Gasteiger partial charge in [0.2, 0.25) is 0 Å². The highest BCUT2D eigenvalue weighted by Gasteiger charge is 2.30. The van der Waals surface area contributed by atoms with Crippen molar-refractivity contribution in [2.75, 3.05) is 29.8 Å². The number of carbonyl (C=O) groups excluding carboxylic acids is 1. The van der Waals surface area contributed by atoms with Gasteiger partial charge in [0.25, 0.3) is 5.91 Å². The standard InChI is InChI=1S/C29H35Br2N3O5S.ClH/c1-2-39-26-15-22(14-25(17-26)34-9-6-10-40(34,37)38)29(36)33-27(13-20-7-4-3-5-8-20)28(35)19-32-18-21-11-23(30)16-24(31)12-21;/h3-5,7-8,11-12,14-17,27-28,32,35,37-38H,2,6,9-10,13,18-19H2,1H3,(H,33,36);1H/t27-,28+;/m0./s1. The first-order valence-corrected chi connectivity index (χ1v) is 16.4. The van der Waals surface area contributed by atoms with Crippen molar-refractivity contribution in [1.82, 2.24) is 10.6 Å². The molecule has 1 aliphatic rings. The third-order valence-electron chi connectivity index (χ3n) is 6.57. The summed E-state index contributed by atoms with van der Waals surface area (Å²) >= 11 is 7.00. The van der Waals surface area contributed by atoms with E-state index in [1.165, 1.54) is 0 Å². The number of nitrogens with one attached hydrogen (secondary N) is 2. The lowest BCUT2D eigenvalue weighted by Gasteiger charge is -2.38. The normalized spacial score (nSPS) is 16.4. The van der Waals surface area contributed by atoms with Crippen molar-refractivity contribution in [3.8, 4) is 5.75 Å². The van der Waals surface area contributed by atoms with Gasteiger partial charge in [-0.1, -0.05) is 62.2 Å². The molecule has 2 atom stereocenters. The Bertz CT molecular complexity index is 1280. The fourth-order valence-electron chi connectivity index (χ4n) is 4.69. The number of ether oxygens (including phenoxy) is 1. The maximum Gasteiger partial charge on any atom is 0.251 e. The van der Waals surface area contributed by atoms with E-state index < -0.39 is 22.9 Å². The lowest BCUT2D eigenvalue weighted by Crippen LogP contribution is -2.48. The Morgan fingerprint density at radius 1 is 1.05 bits per heavy atom. The summed E-state index contributed by atoms with van der Waals surface area (Å²) in [6, 6.07) is 20.1. The second-order valence-corrected chi connectivity index (χ2v) is 13.6.